The van der Waals surface area contributed by atoms with Gasteiger partial charge in [-0.25, -0.2) is 0 Å². The number of rotatable bonds is 3. The van der Waals surface area contributed by atoms with Gasteiger partial charge in [-0.1, -0.05) is 98.9 Å². The fourth-order valence-corrected chi connectivity index (χ4v) is 7.92. The molecule has 0 aromatic carbocycles. The Morgan fingerprint density at radius 3 is 1.79 bits per heavy atom. The highest BCUT2D eigenvalue weighted by molar-refractivity contribution is 5.83. The Balaban J connectivity index is 1.89. The zero-order valence-electron chi connectivity index (χ0n) is 37.8. The lowest BCUT2D eigenvalue weighted by molar-refractivity contribution is -0.308. The Morgan fingerprint density at radius 1 is 0.667 bits per heavy atom. The predicted molar refractivity (Wildman–Crippen MR) is 237 cm³/mol. The Morgan fingerprint density at radius 2 is 1.21 bits per heavy atom. The molecule has 0 spiro atoms. The van der Waals surface area contributed by atoms with Crippen LogP contribution in [0.3, 0.4) is 0 Å². The monoisotopic (exact) mass is 937 g/mol. The van der Waals surface area contributed by atoms with Crippen LogP contribution in [0.5, 0.6) is 0 Å². The summed E-state index contributed by atoms with van der Waals surface area (Å²) in [5.74, 6) is -8.25. The lowest BCUT2D eigenvalue weighted by Gasteiger charge is -2.45. The van der Waals surface area contributed by atoms with E-state index >= 15 is 0 Å². The summed E-state index contributed by atoms with van der Waals surface area (Å²) in [7, 11) is 0. The van der Waals surface area contributed by atoms with Crippen LogP contribution in [-0.4, -0.2) is 171 Å². The van der Waals surface area contributed by atoms with Crippen molar-refractivity contribution in [1.82, 2.24) is 0 Å². The summed E-state index contributed by atoms with van der Waals surface area (Å²) in [4.78, 5) is 37.9. The number of aliphatic hydroxyl groups is 10. The number of carbonyl (C=O) groups is 3. The molecule has 372 valence electrons. The molecule has 0 unspecified atom stereocenters. The van der Waals surface area contributed by atoms with Crippen molar-refractivity contribution in [2.75, 3.05) is 0 Å². The highest BCUT2D eigenvalue weighted by Crippen LogP contribution is 2.38. The first-order valence-electron chi connectivity index (χ1n) is 22.3. The van der Waals surface area contributed by atoms with Crippen molar-refractivity contribution in [2.24, 2.45) is 23.5 Å². The lowest BCUT2D eigenvalue weighted by Crippen LogP contribution is -2.61. The standard InChI is InChI=1S/C47H71NO18/c1-26-17-15-13-11-9-7-5-6-8-10-12-14-16-18-33(65-46-44(59)40(48)42(57)29(4)64-46)23-37-39(45(60)61)36(54)25-47(62,66-37)24-32(51)21-35(53)43(58)34(52)20-30(49)19-31(50)22-38(55)63-28(3)27(2)41(26)56/h5-18,26-33,35-37,39-44,46,49-51,53-54,56-59,62H,19-25,48H2,1-4H3,(H,60,61)/b6-5+,9-7+,10-8+,13-11+,14-12+,17-15+,18-16+/t26-,27-,28-,29+,30-,31+,32-,33-,35+,36-,37-,39+,40-,41+,42+,43+,44-,46-,47+/m0/s1. The molecule has 0 aliphatic carbocycles. The second kappa shape index (κ2) is 27.3. The summed E-state index contributed by atoms with van der Waals surface area (Å²) >= 11 is 0. The number of nitrogens with two attached hydrogens (primary N) is 1. The molecule has 13 N–H and O–H groups in total. The minimum absolute atomic E-state index is 0.317. The molecule has 19 atom stereocenters. The summed E-state index contributed by atoms with van der Waals surface area (Å²) < 4.78 is 23.0. The zero-order chi connectivity index (χ0) is 49.3. The normalized spacial score (nSPS) is 45.0. The van der Waals surface area contributed by atoms with E-state index in [4.69, 9.17) is 24.7 Å². The number of fused-ring (bicyclic) bond motifs is 2. The molecule has 66 heavy (non-hydrogen) atoms. The third-order valence-electron chi connectivity index (χ3n) is 11.9. The van der Waals surface area contributed by atoms with E-state index < -0.39 is 166 Å². The minimum Gasteiger partial charge on any atom is -0.481 e. The molecule has 3 aliphatic heterocycles. The number of cyclic esters (lactones) is 1. The molecule has 3 rings (SSSR count). The summed E-state index contributed by atoms with van der Waals surface area (Å²) in [5.41, 5.74) is 6.01. The number of carbonyl (C=O) groups excluding carboxylic acids is 2. The number of Topliss-reactive ketones (excluding diaryl/α,β-unsaturated/α-hetero) is 1. The van der Waals surface area contributed by atoms with Gasteiger partial charge in [0, 0.05) is 50.4 Å². The molecule has 0 amide bonds. The molecule has 2 fully saturated rings. The Kier molecular flexibility index (Phi) is 23.4. The van der Waals surface area contributed by atoms with Gasteiger partial charge in [0.1, 0.15) is 24.2 Å². The molecule has 0 aromatic heterocycles. The molecule has 19 heteroatoms. The molecule has 2 bridgehead atoms. The van der Waals surface area contributed by atoms with Gasteiger partial charge in [0.25, 0.3) is 0 Å². The van der Waals surface area contributed by atoms with Gasteiger partial charge in [-0.3, -0.25) is 14.4 Å². The van der Waals surface area contributed by atoms with Gasteiger partial charge in [-0.05, 0) is 13.8 Å². The zero-order valence-corrected chi connectivity index (χ0v) is 37.8. The molecule has 0 saturated carbocycles. The average Bonchev–Trinajstić information content (AvgIpc) is 3.22. The quantitative estimate of drug-likeness (QED) is 0.164. The number of hydrogen-bond acceptors (Lipinski definition) is 18. The first-order valence-corrected chi connectivity index (χ1v) is 22.3. The highest BCUT2D eigenvalue weighted by atomic mass is 16.7. The summed E-state index contributed by atoms with van der Waals surface area (Å²) in [6.07, 6.45) is -0.206. The second-order valence-electron chi connectivity index (χ2n) is 17.5. The maximum atomic E-state index is 12.8. The first-order chi connectivity index (χ1) is 31.0. The third-order valence-corrected chi connectivity index (χ3v) is 11.9. The number of aliphatic hydroxyl groups excluding tert-OH is 9. The number of allylic oxidation sites excluding steroid dienone is 12. The van der Waals surface area contributed by atoms with E-state index in [1.807, 2.05) is 0 Å². The van der Waals surface area contributed by atoms with Gasteiger partial charge in [-0.15, -0.1) is 0 Å². The number of carboxylic acid groups (broad SMARTS) is 1. The van der Waals surface area contributed by atoms with Gasteiger partial charge in [0.2, 0.25) is 0 Å². The lowest BCUT2D eigenvalue weighted by atomic mass is 9.82. The fourth-order valence-electron chi connectivity index (χ4n) is 7.92. The van der Waals surface area contributed by atoms with E-state index in [9.17, 15) is 70.6 Å². The smallest absolute Gasteiger partial charge is 0.311 e. The molecule has 3 aliphatic rings. The molecule has 3 heterocycles. The van der Waals surface area contributed by atoms with Crippen molar-refractivity contribution in [3.8, 4) is 0 Å². The number of carboxylic acids is 1. The van der Waals surface area contributed by atoms with Crippen LogP contribution >= 0.6 is 0 Å². The number of ether oxygens (including phenoxy) is 4. The molecular weight excluding hydrogens is 867 g/mol. The Bertz CT molecular complexity index is 1750. The average molecular weight is 938 g/mol. The van der Waals surface area contributed by atoms with Gasteiger partial charge < -0.3 is 80.9 Å². The molecular formula is C47H71NO18. The van der Waals surface area contributed by atoms with Crippen LogP contribution in [0.2, 0.25) is 0 Å². The Hall–Kier alpha value is -3.77. The molecule has 0 aromatic rings. The number of aliphatic carboxylic acids is 1. The number of ketones is 1. The van der Waals surface area contributed by atoms with Crippen LogP contribution in [0.4, 0.5) is 0 Å². The van der Waals surface area contributed by atoms with Crippen molar-refractivity contribution in [3.05, 3.63) is 85.1 Å². The maximum Gasteiger partial charge on any atom is 0.311 e. The van der Waals surface area contributed by atoms with Crippen molar-refractivity contribution in [1.29, 1.82) is 0 Å². The van der Waals surface area contributed by atoms with E-state index in [0.29, 0.717) is 0 Å². The molecule has 0 radical (unpaired) electrons. The summed E-state index contributed by atoms with van der Waals surface area (Å²) in [5, 5.41) is 118. The molecule has 2 saturated heterocycles. The predicted octanol–water partition coefficient (Wildman–Crippen LogP) is -0.109. The van der Waals surface area contributed by atoms with Crippen molar-refractivity contribution >= 4 is 17.7 Å². The molecule has 19 nitrogen and oxygen atoms in total. The largest absolute Gasteiger partial charge is 0.481 e. The first kappa shape index (κ1) is 56.6. The van der Waals surface area contributed by atoms with Gasteiger partial charge in [-0.2, -0.15) is 0 Å². The van der Waals surface area contributed by atoms with Gasteiger partial charge >= 0.3 is 11.9 Å². The van der Waals surface area contributed by atoms with Crippen LogP contribution in [0.25, 0.3) is 0 Å². The van der Waals surface area contributed by atoms with Crippen LogP contribution in [-0.2, 0) is 33.3 Å². The third kappa shape index (κ3) is 18.0. The highest BCUT2D eigenvalue weighted by Gasteiger charge is 2.51. The van der Waals surface area contributed by atoms with Crippen molar-refractivity contribution in [2.45, 2.75) is 170 Å². The Labute approximate surface area is 385 Å². The minimum atomic E-state index is -2.42. The van der Waals surface area contributed by atoms with Crippen LogP contribution in [0.1, 0.15) is 72.6 Å². The fraction of sp³-hybridized carbons (Fsp3) is 0.638. The van der Waals surface area contributed by atoms with Gasteiger partial charge in [0.05, 0.1) is 73.5 Å². The van der Waals surface area contributed by atoms with E-state index in [2.05, 4.69) is 0 Å². The number of esters is 1. The van der Waals surface area contributed by atoms with Crippen molar-refractivity contribution in [3.63, 3.8) is 0 Å². The summed E-state index contributed by atoms with van der Waals surface area (Å²) in [6, 6.07) is -1.17. The van der Waals surface area contributed by atoms with Crippen LogP contribution < -0.4 is 5.73 Å². The van der Waals surface area contributed by atoms with Gasteiger partial charge in [0.15, 0.2) is 17.9 Å². The SMILES string of the molecule is C[C@@H]1[C@H](O)[C@@H](C)/C=C/C=C/C=C/C=C/C=C/C=C/C=C/[C@H](O[C@@H]2O[C@H](C)[C@@H](O)[C@H](N)[C@@H]2O)C[C@@H]2O[C@](O)(C[C@@H](O)C[C@@H](O)[C@H](O)C(=O)C[C@@H](O)C[C@@H](O)CC(=O)O[C@H]1C)C[C@H](O)[C@H]2C(=O)O. The van der Waals surface area contributed by atoms with E-state index in [-0.39, 0.29) is 12.3 Å². The van der Waals surface area contributed by atoms with Crippen LogP contribution in [0, 0.1) is 17.8 Å². The van der Waals surface area contributed by atoms with E-state index in [1.54, 1.807) is 99.8 Å². The number of hydrogen-bond donors (Lipinski definition) is 12. The van der Waals surface area contributed by atoms with Crippen LogP contribution in [0.15, 0.2) is 85.1 Å². The van der Waals surface area contributed by atoms with E-state index in [1.165, 1.54) is 13.0 Å². The second-order valence-corrected chi connectivity index (χ2v) is 17.5. The van der Waals surface area contributed by atoms with Crippen molar-refractivity contribution < 1.29 is 89.5 Å². The van der Waals surface area contributed by atoms with E-state index in [0.717, 1.165) is 0 Å². The summed E-state index contributed by atoms with van der Waals surface area (Å²) in [6.45, 7) is 6.62. The maximum absolute atomic E-state index is 12.8. The topological polar surface area (TPSA) is 337 Å².